The molecular formula is C15H18N2O3S. The van der Waals surface area contributed by atoms with E-state index in [4.69, 9.17) is 4.74 Å². The van der Waals surface area contributed by atoms with Gasteiger partial charge in [0.15, 0.2) is 0 Å². The van der Waals surface area contributed by atoms with E-state index in [1.54, 1.807) is 23.6 Å². The van der Waals surface area contributed by atoms with Gasteiger partial charge < -0.3 is 15.0 Å². The van der Waals surface area contributed by atoms with Gasteiger partial charge in [0.1, 0.15) is 11.4 Å². The molecule has 0 bridgehead atoms. The molecule has 6 heteroatoms. The van der Waals surface area contributed by atoms with Crippen molar-refractivity contribution in [3.8, 4) is 5.75 Å². The minimum Gasteiger partial charge on any atom is -0.488 e. The van der Waals surface area contributed by atoms with Gasteiger partial charge in [0.2, 0.25) is 0 Å². The van der Waals surface area contributed by atoms with Crippen LogP contribution in [0.1, 0.15) is 36.8 Å². The van der Waals surface area contributed by atoms with Crippen LogP contribution in [0.5, 0.6) is 5.75 Å². The summed E-state index contributed by atoms with van der Waals surface area (Å²) in [4.78, 5) is 25.6. The maximum absolute atomic E-state index is 12.1. The second-order valence-electron chi connectivity index (χ2n) is 5.60. The molecule has 1 amide bonds. The number of benzene rings is 1. The standard InChI is InChI=1S/C15H18N2O3S/c1-15(2,3)20-12-6-4-5-10(7-12)13(18)16-8-11-9-21-14(19)17-11/h4-7,9H,8H2,1-3H3,(H,16,18)(H,17,19). The number of rotatable bonds is 4. The van der Waals surface area contributed by atoms with Gasteiger partial charge in [-0.1, -0.05) is 17.4 Å². The monoisotopic (exact) mass is 306 g/mol. The van der Waals surface area contributed by atoms with E-state index >= 15 is 0 Å². The first-order valence-electron chi connectivity index (χ1n) is 6.57. The van der Waals surface area contributed by atoms with Crippen LogP contribution < -0.4 is 14.9 Å². The number of amides is 1. The van der Waals surface area contributed by atoms with Crippen LogP contribution in [0.4, 0.5) is 0 Å². The molecule has 1 aromatic carbocycles. The Kier molecular flexibility index (Phi) is 4.47. The third-order valence-corrected chi connectivity index (χ3v) is 3.25. The predicted octanol–water partition coefficient (Wildman–Crippen LogP) is 2.54. The highest BCUT2D eigenvalue weighted by Gasteiger charge is 2.13. The van der Waals surface area contributed by atoms with Gasteiger partial charge in [-0.2, -0.15) is 0 Å². The van der Waals surface area contributed by atoms with E-state index in [1.165, 1.54) is 0 Å². The van der Waals surface area contributed by atoms with Crippen LogP contribution >= 0.6 is 11.3 Å². The molecule has 0 radical (unpaired) electrons. The smallest absolute Gasteiger partial charge is 0.304 e. The molecule has 0 aliphatic carbocycles. The molecule has 0 aliphatic heterocycles. The number of carbonyl (C=O) groups excluding carboxylic acids is 1. The summed E-state index contributed by atoms with van der Waals surface area (Å²) < 4.78 is 5.73. The molecule has 0 fully saturated rings. The lowest BCUT2D eigenvalue weighted by atomic mass is 10.1. The van der Waals surface area contributed by atoms with E-state index < -0.39 is 0 Å². The van der Waals surface area contributed by atoms with Crippen molar-refractivity contribution in [2.45, 2.75) is 32.9 Å². The van der Waals surface area contributed by atoms with Gasteiger partial charge in [-0.3, -0.25) is 9.59 Å². The van der Waals surface area contributed by atoms with Crippen molar-refractivity contribution in [3.05, 3.63) is 50.6 Å². The number of ether oxygens (including phenoxy) is 1. The second kappa shape index (κ2) is 6.13. The van der Waals surface area contributed by atoms with Crippen molar-refractivity contribution in [1.29, 1.82) is 0 Å². The fourth-order valence-corrected chi connectivity index (χ4v) is 2.31. The van der Waals surface area contributed by atoms with Crippen molar-refractivity contribution in [1.82, 2.24) is 10.3 Å². The van der Waals surface area contributed by atoms with E-state index in [-0.39, 0.29) is 16.4 Å². The van der Waals surface area contributed by atoms with Crippen LogP contribution in [-0.2, 0) is 6.54 Å². The SMILES string of the molecule is CC(C)(C)Oc1cccc(C(=O)NCc2csc(=O)[nH]2)c1. The van der Waals surface area contributed by atoms with Gasteiger partial charge in [0.25, 0.3) is 5.91 Å². The second-order valence-corrected chi connectivity index (χ2v) is 6.44. The Labute approximate surface area is 127 Å². The molecule has 0 atom stereocenters. The molecule has 5 nitrogen and oxygen atoms in total. The summed E-state index contributed by atoms with van der Waals surface area (Å²) in [6.07, 6.45) is 0. The first-order valence-corrected chi connectivity index (χ1v) is 7.45. The van der Waals surface area contributed by atoms with Crippen LogP contribution in [-0.4, -0.2) is 16.5 Å². The highest BCUT2D eigenvalue weighted by atomic mass is 32.1. The zero-order valence-electron chi connectivity index (χ0n) is 12.2. The molecule has 1 heterocycles. The lowest BCUT2D eigenvalue weighted by Crippen LogP contribution is -2.25. The summed E-state index contributed by atoms with van der Waals surface area (Å²) in [6, 6.07) is 7.03. The fourth-order valence-electron chi connectivity index (χ4n) is 1.73. The summed E-state index contributed by atoms with van der Waals surface area (Å²) in [5.74, 6) is 0.445. The minimum absolute atomic E-state index is 0.125. The number of nitrogens with one attached hydrogen (secondary N) is 2. The van der Waals surface area contributed by atoms with Crippen LogP contribution in [0.2, 0.25) is 0 Å². The molecule has 112 valence electrons. The lowest BCUT2D eigenvalue weighted by Gasteiger charge is -2.21. The van der Waals surface area contributed by atoms with E-state index in [0.717, 1.165) is 11.3 Å². The van der Waals surface area contributed by atoms with Crippen LogP contribution in [0.25, 0.3) is 0 Å². The van der Waals surface area contributed by atoms with Crippen molar-refractivity contribution >= 4 is 17.2 Å². The maximum Gasteiger partial charge on any atom is 0.304 e. The molecule has 1 aromatic heterocycles. The van der Waals surface area contributed by atoms with Crippen LogP contribution in [0.3, 0.4) is 0 Å². The summed E-state index contributed by atoms with van der Waals surface area (Å²) in [5, 5.41) is 4.46. The number of carbonyl (C=O) groups is 1. The Morgan fingerprint density at radius 1 is 1.38 bits per heavy atom. The topological polar surface area (TPSA) is 71.2 Å². The molecule has 21 heavy (non-hydrogen) atoms. The first kappa shape index (κ1) is 15.3. The third kappa shape index (κ3) is 4.75. The van der Waals surface area contributed by atoms with E-state index in [2.05, 4.69) is 10.3 Å². The molecule has 0 spiro atoms. The number of aromatic nitrogens is 1. The predicted molar refractivity (Wildman–Crippen MR) is 82.9 cm³/mol. The average molecular weight is 306 g/mol. The summed E-state index contributed by atoms with van der Waals surface area (Å²) in [5.41, 5.74) is 0.903. The Morgan fingerprint density at radius 3 is 2.76 bits per heavy atom. The first-order chi connectivity index (χ1) is 9.83. The largest absolute Gasteiger partial charge is 0.488 e. The van der Waals surface area contributed by atoms with Crippen molar-refractivity contribution < 1.29 is 9.53 Å². The molecule has 0 saturated heterocycles. The van der Waals surface area contributed by atoms with Gasteiger partial charge in [-0.15, -0.1) is 0 Å². The number of hydrogen-bond donors (Lipinski definition) is 2. The third-order valence-electron chi connectivity index (χ3n) is 2.53. The van der Waals surface area contributed by atoms with E-state index in [0.29, 0.717) is 23.6 Å². The Balaban J connectivity index is 2.02. The van der Waals surface area contributed by atoms with Gasteiger partial charge in [0, 0.05) is 16.6 Å². The normalized spacial score (nSPS) is 11.2. The summed E-state index contributed by atoms with van der Waals surface area (Å²) >= 11 is 1.08. The average Bonchev–Trinajstić information content (AvgIpc) is 2.80. The highest BCUT2D eigenvalue weighted by molar-refractivity contribution is 7.07. The quantitative estimate of drug-likeness (QED) is 0.912. The molecule has 0 saturated carbocycles. The van der Waals surface area contributed by atoms with E-state index in [9.17, 15) is 9.59 Å². The van der Waals surface area contributed by atoms with Crippen LogP contribution in [0, 0.1) is 0 Å². The molecular weight excluding hydrogens is 288 g/mol. The fraction of sp³-hybridized carbons (Fsp3) is 0.333. The number of thiazole rings is 1. The Morgan fingerprint density at radius 2 is 2.14 bits per heavy atom. The number of H-pyrrole nitrogens is 1. The van der Waals surface area contributed by atoms with Crippen molar-refractivity contribution in [2.24, 2.45) is 0 Å². The van der Waals surface area contributed by atoms with Gasteiger partial charge in [-0.25, -0.2) is 0 Å². The van der Waals surface area contributed by atoms with Crippen molar-refractivity contribution in [2.75, 3.05) is 0 Å². The molecule has 0 aliphatic rings. The maximum atomic E-state index is 12.1. The number of aromatic amines is 1. The Hall–Kier alpha value is -2.08. The summed E-state index contributed by atoms with van der Waals surface area (Å²) in [7, 11) is 0. The summed E-state index contributed by atoms with van der Waals surface area (Å²) in [6.45, 7) is 6.15. The van der Waals surface area contributed by atoms with Gasteiger partial charge in [0.05, 0.1) is 6.54 Å². The lowest BCUT2D eigenvalue weighted by molar-refractivity contribution is 0.0947. The minimum atomic E-state index is -0.314. The van der Waals surface area contributed by atoms with Crippen molar-refractivity contribution in [3.63, 3.8) is 0 Å². The van der Waals surface area contributed by atoms with Gasteiger partial charge >= 0.3 is 4.87 Å². The molecule has 0 unspecified atom stereocenters. The Bertz CT molecular complexity index is 682. The molecule has 2 N–H and O–H groups in total. The van der Waals surface area contributed by atoms with E-state index in [1.807, 2.05) is 26.8 Å². The van der Waals surface area contributed by atoms with Gasteiger partial charge in [-0.05, 0) is 39.0 Å². The number of hydrogen-bond acceptors (Lipinski definition) is 4. The molecule has 2 aromatic rings. The highest BCUT2D eigenvalue weighted by Crippen LogP contribution is 2.19. The molecule has 2 rings (SSSR count). The zero-order chi connectivity index (χ0) is 15.5. The van der Waals surface area contributed by atoms with Crippen LogP contribution in [0.15, 0.2) is 34.4 Å². The zero-order valence-corrected chi connectivity index (χ0v) is 13.0.